The Morgan fingerprint density at radius 2 is 1.86 bits per heavy atom. The van der Waals surface area contributed by atoms with E-state index in [2.05, 4.69) is 15.2 Å². The molecule has 1 aliphatic rings. The number of ether oxygens (including phenoxy) is 1. The summed E-state index contributed by atoms with van der Waals surface area (Å²) in [6, 6.07) is 11.7. The van der Waals surface area contributed by atoms with E-state index in [0.717, 1.165) is 24.5 Å². The van der Waals surface area contributed by atoms with Crippen LogP contribution in [0.25, 0.3) is 0 Å². The number of anilines is 1. The van der Waals surface area contributed by atoms with Crippen molar-refractivity contribution in [2.45, 2.75) is 38.5 Å². The highest BCUT2D eigenvalue weighted by Gasteiger charge is 2.24. The third-order valence-electron chi connectivity index (χ3n) is 4.64. The number of aromatic nitrogens is 1. The number of benzene rings is 1. The zero-order valence-electron chi connectivity index (χ0n) is 16.0. The van der Waals surface area contributed by atoms with Crippen LogP contribution in [0.3, 0.4) is 0 Å². The predicted molar refractivity (Wildman–Crippen MR) is 105 cm³/mol. The van der Waals surface area contributed by atoms with Gasteiger partial charge >= 0.3 is 5.97 Å². The number of rotatable bonds is 6. The third kappa shape index (κ3) is 5.07. The number of aliphatic carboxylic acids is 1. The highest BCUT2D eigenvalue weighted by molar-refractivity contribution is 5.96. The van der Waals surface area contributed by atoms with Gasteiger partial charge in [0.25, 0.3) is 5.91 Å². The van der Waals surface area contributed by atoms with Crippen molar-refractivity contribution in [1.82, 2.24) is 10.3 Å². The molecule has 1 aromatic heterocycles. The van der Waals surface area contributed by atoms with Crippen LogP contribution in [0.15, 0.2) is 48.7 Å². The van der Waals surface area contributed by atoms with Crippen LogP contribution in [-0.4, -0.2) is 53.3 Å². The maximum Gasteiger partial charge on any atom is 0.326 e. The van der Waals surface area contributed by atoms with Gasteiger partial charge in [-0.25, -0.2) is 9.78 Å². The minimum Gasteiger partial charge on any atom is -0.480 e. The SMILES string of the molecule is CC1CN(c2ccc(C(=O)N[C@H](Cc3ccccc3)C(=O)O)cn2)CC(C)O1. The van der Waals surface area contributed by atoms with Crippen molar-refractivity contribution in [2.75, 3.05) is 18.0 Å². The smallest absolute Gasteiger partial charge is 0.326 e. The molecule has 1 aliphatic heterocycles. The number of carbonyl (C=O) groups excluding carboxylic acids is 1. The fourth-order valence-electron chi connectivity index (χ4n) is 3.36. The highest BCUT2D eigenvalue weighted by Crippen LogP contribution is 2.18. The quantitative estimate of drug-likeness (QED) is 0.794. The Morgan fingerprint density at radius 1 is 1.18 bits per heavy atom. The molecule has 1 fully saturated rings. The zero-order chi connectivity index (χ0) is 20.1. The molecular formula is C21H25N3O4. The van der Waals surface area contributed by atoms with Gasteiger partial charge in [0.1, 0.15) is 11.9 Å². The normalized spacial score (nSPS) is 20.4. The molecule has 3 rings (SSSR count). The Morgan fingerprint density at radius 3 is 2.43 bits per heavy atom. The summed E-state index contributed by atoms with van der Waals surface area (Å²) < 4.78 is 5.73. The average Bonchev–Trinajstić information content (AvgIpc) is 2.67. The van der Waals surface area contributed by atoms with Crippen LogP contribution >= 0.6 is 0 Å². The Labute approximate surface area is 164 Å². The lowest BCUT2D eigenvalue weighted by Crippen LogP contribution is -2.46. The van der Waals surface area contributed by atoms with Crippen LogP contribution in [0.5, 0.6) is 0 Å². The minimum atomic E-state index is -1.07. The standard InChI is InChI=1S/C21H25N3O4/c1-14-12-24(13-15(2)28-14)19-9-8-17(11-22-19)20(25)23-18(21(26)27)10-16-6-4-3-5-7-16/h3-9,11,14-15,18H,10,12-13H2,1-2H3,(H,23,25)(H,26,27)/t14?,15?,18-/m1/s1. The summed E-state index contributed by atoms with van der Waals surface area (Å²) >= 11 is 0. The number of carboxylic acid groups (broad SMARTS) is 1. The van der Waals surface area contributed by atoms with Crippen LogP contribution in [0.1, 0.15) is 29.8 Å². The maximum absolute atomic E-state index is 12.5. The lowest BCUT2D eigenvalue weighted by atomic mass is 10.1. The number of nitrogens with zero attached hydrogens (tertiary/aromatic N) is 2. The molecule has 3 atom stereocenters. The van der Waals surface area contributed by atoms with Crippen LogP contribution in [0.2, 0.25) is 0 Å². The van der Waals surface area contributed by atoms with Gasteiger partial charge in [-0.1, -0.05) is 30.3 Å². The van der Waals surface area contributed by atoms with Gasteiger partial charge in [-0.3, -0.25) is 4.79 Å². The Bertz CT molecular complexity index is 800. The summed E-state index contributed by atoms with van der Waals surface area (Å²) in [5.74, 6) is -0.748. The van der Waals surface area contributed by atoms with Gasteiger partial charge in [0.05, 0.1) is 17.8 Å². The highest BCUT2D eigenvalue weighted by atomic mass is 16.5. The Kier molecular flexibility index (Phi) is 6.26. The van der Waals surface area contributed by atoms with E-state index in [4.69, 9.17) is 4.74 Å². The summed E-state index contributed by atoms with van der Waals surface area (Å²) in [6.07, 6.45) is 1.93. The van der Waals surface area contributed by atoms with Gasteiger partial charge < -0.3 is 20.1 Å². The number of hydrogen-bond donors (Lipinski definition) is 2. The van der Waals surface area contributed by atoms with Gasteiger partial charge in [-0.05, 0) is 31.5 Å². The van der Waals surface area contributed by atoms with Crippen molar-refractivity contribution in [3.8, 4) is 0 Å². The van der Waals surface area contributed by atoms with Crippen molar-refractivity contribution in [3.63, 3.8) is 0 Å². The molecule has 0 saturated carbocycles. The predicted octanol–water partition coefficient (Wildman–Crippen LogP) is 2.12. The van der Waals surface area contributed by atoms with Crippen LogP contribution in [-0.2, 0) is 16.0 Å². The van der Waals surface area contributed by atoms with E-state index in [9.17, 15) is 14.7 Å². The fraction of sp³-hybridized carbons (Fsp3) is 0.381. The van der Waals surface area contributed by atoms with Gasteiger partial charge in [0.2, 0.25) is 0 Å². The summed E-state index contributed by atoms with van der Waals surface area (Å²) in [4.78, 5) is 30.5. The Balaban J connectivity index is 1.65. The van der Waals surface area contributed by atoms with E-state index in [-0.39, 0.29) is 18.6 Å². The molecule has 0 spiro atoms. The molecule has 148 valence electrons. The van der Waals surface area contributed by atoms with E-state index in [1.54, 1.807) is 12.1 Å². The first kappa shape index (κ1) is 19.8. The summed E-state index contributed by atoms with van der Waals surface area (Å²) in [7, 11) is 0. The minimum absolute atomic E-state index is 0.114. The molecule has 1 amide bonds. The van der Waals surface area contributed by atoms with Crippen molar-refractivity contribution in [1.29, 1.82) is 0 Å². The lowest BCUT2D eigenvalue weighted by Gasteiger charge is -2.36. The molecule has 2 unspecified atom stereocenters. The second-order valence-corrected chi connectivity index (χ2v) is 7.12. The monoisotopic (exact) mass is 383 g/mol. The molecule has 7 heteroatoms. The largest absolute Gasteiger partial charge is 0.480 e. The second kappa shape index (κ2) is 8.84. The van der Waals surface area contributed by atoms with E-state index in [0.29, 0.717) is 5.56 Å². The second-order valence-electron chi connectivity index (χ2n) is 7.12. The van der Waals surface area contributed by atoms with E-state index in [1.807, 2.05) is 44.2 Å². The fourth-order valence-corrected chi connectivity index (χ4v) is 3.36. The van der Waals surface area contributed by atoms with Crippen molar-refractivity contribution >= 4 is 17.7 Å². The molecule has 2 aromatic rings. The molecule has 1 saturated heterocycles. The van der Waals surface area contributed by atoms with Crippen molar-refractivity contribution in [3.05, 3.63) is 59.8 Å². The van der Waals surface area contributed by atoms with Gasteiger partial charge in [-0.2, -0.15) is 0 Å². The lowest BCUT2D eigenvalue weighted by molar-refractivity contribution is -0.139. The number of amides is 1. The zero-order valence-corrected chi connectivity index (χ0v) is 16.0. The topological polar surface area (TPSA) is 91.8 Å². The Hall–Kier alpha value is -2.93. The molecule has 7 nitrogen and oxygen atoms in total. The first-order valence-corrected chi connectivity index (χ1v) is 9.36. The molecule has 28 heavy (non-hydrogen) atoms. The number of carbonyl (C=O) groups is 2. The number of hydrogen-bond acceptors (Lipinski definition) is 5. The molecule has 1 aromatic carbocycles. The molecule has 0 bridgehead atoms. The number of carboxylic acids is 1. The van der Waals surface area contributed by atoms with Crippen LogP contribution in [0, 0.1) is 0 Å². The molecule has 0 aliphatic carbocycles. The van der Waals surface area contributed by atoms with Crippen molar-refractivity contribution < 1.29 is 19.4 Å². The van der Waals surface area contributed by atoms with E-state index >= 15 is 0 Å². The molecule has 0 radical (unpaired) electrons. The van der Waals surface area contributed by atoms with E-state index in [1.165, 1.54) is 6.20 Å². The third-order valence-corrected chi connectivity index (χ3v) is 4.64. The van der Waals surface area contributed by atoms with Gasteiger partial charge in [0, 0.05) is 25.7 Å². The summed E-state index contributed by atoms with van der Waals surface area (Å²) in [5, 5.41) is 12.0. The van der Waals surface area contributed by atoms with Gasteiger partial charge in [-0.15, -0.1) is 0 Å². The van der Waals surface area contributed by atoms with Gasteiger partial charge in [0.15, 0.2) is 0 Å². The maximum atomic E-state index is 12.5. The average molecular weight is 383 g/mol. The molecular weight excluding hydrogens is 358 g/mol. The molecule has 2 N–H and O–H groups in total. The summed E-state index contributed by atoms with van der Waals surface area (Å²) in [5.41, 5.74) is 1.18. The number of morpholine rings is 1. The van der Waals surface area contributed by atoms with E-state index < -0.39 is 17.9 Å². The van der Waals surface area contributed by atoms with Crippen molar-refractivity contribution in [2.24, 2.45) is 0 Å². The first-order chi connectivity index (χ1) is 13.4. The molecule has 2 heterocycles. The first-order valence-electron chi connectivity index (χ1n) is 9.36. The van der Waals surface area contributed by atoms with Crippen LogP contribution < -0.4 is 10.2 Å². The summed E-state index contributed by atoms with van der Waals surface area (Å²) in [6.45, 7) is 5.51. The number of pyridine rings is 1. The number of nitrogens with one attached hydrogen (secondary N) is 1. The van der Waals surface area contributed by atoms with Crippen LogP contribution in [0.4, 0.5) is 5.82 Å².